The first-order valence-corrected chi connectivity index (χ1v) is 9.94. The van der Waals surface area contributed by atoms with Gasteiger partial charge in [-0.25, -0.2) is 9.99 Å². The van der Waals surface area contributed by atoms with E-state index < -0.39 is 17.3 Å². The summed E-state index contributed by atoms with van der Waals surface area (Å²) in [4.78, 5) is 33.3. The third kappa shape index (κ3) is 3.02. The van der Waals surface area contributed by atoms with E-state index in [0.717, 1.165) is 16.6 Å². The number of aromatic amines is 1. The quantitative estimate of drug-likeness (QED) is 0.389. The summed E-state index contributed by atoms with van der Waals surface area (Å²) in [5.41, 5.74) is 6.35. The monoisotopic (exact) mass is 416 g/mol. The van der Waals surface area contributed by atoms with Crippen LogP contribution in [0.4, 0.5) is 0 Å². The molecule has 0 spiro atoms. The lowest BCUT2D eigenvalue weighted by atomic mass is 9.95. The molecule has 1 aliphatic rings. The number of para-hydroxylation sites is 2. The topological polar surface area (TPSA) is 78.1 Å². The molecule has 1 saturated heterocycles. The second kappa shape index (κ2) is 7.31. The van der Waals surface area contributed by atoms with Crippen molar-refractivity contribution < 1.29 is 9.59 Å². The molecule has 5 rings (SSSR count). The Labute approximate surface area is 177 Å². The van der Waals surface area contributed by atoms with E-state index in [1.807, 2.05) is 66.7 Å². The van der Waals surface area contributed by atoms with E-state index >= 15 is 0 Å². The number of nitrogens with one attached hydrogen (secondary N) is 2. The Morgan fingerprint density at radius 2 is 1.67 bits per heavy atom. The number of imidazole rings is 1. The van der Waals surface area contributed by atoms with Gasteiger partial charge in [-0.05, 0) is 23.8 Å². The minimum Gasteiger partial charge on any atom is -0.338 e. The molecule has 0 radical (unpaired) electrons. The number of hydrogen-bond acceptors (Lipinski definition) is 3. The maximum absolute atomic E-state index is 13.1. The molecule has 2 N–H and O–H groups in total. The van der Waals surface area contributed by atoms with E-state index in [2.05, 4.69) is 15.4 Å². The summed E-state index contributed by atoms with van der Waals surface area (Å²) >= 11 is 6.24. The molecular weight excluding hydrogens is 400 g/mol. The minimum atomic E-state index is -0.710. The normalized spacial score (nSPS) is 18.3. The molecule has 148 valence electrons. The number of β-lactam (4-membered cyclic amide) rings is 1. The molecule has 1 aromatic heterocycles. The van der Waals surface area contributed by atoms with Gasteiger partial charge < -0.3 is 4.98 Å². The van der Waals surface area contributed by atoms with Crippen LogP contribution in [-0.4, -0.2) is 32.2 Å². The lowest BCUT2D eigenvalue weighted by Gasteiger charge is -2.44. The number of H-pyrrole nitrogens is 1. The molecular formula is C23H17ClN4O2. The van der Waals surface area contributed by atoms with Crippen LogP contribution >= 0.6 is 11.6 Å². The Hall–Kier alpha value is -3.64. The molecule has 4 aromatic rings. The largest absolute Gasteiger partial charge is 0.338 e. The second-order valence-electron chi connectivity index (χ2n) is 7.05. The van der Waals surface area contributed by atoms with E-state index in [1.54, 1.807) is 12.1 Å². The molecule has 2 heterocycles. The number of amides is 2. The van der Waals surface area contributed by atoms with Gasteiger partial charge in [0.1, 0.15) is 17.2 Å². The fourth-order valence-corrected chi connectivity index (χ4v) is 4.05. The number of benzene rings is 3. The van der Waals surface area contributed by atoms with Gasteiger partial charge in [-0.2, -0.15) is 0 Å². The van der Waals surface area contributed by atoms with E-state index in [4.69, 9.17) is 11.6 Å². The first-order valence-electron chi connectivity index (χ1n) is 9.51. The SMILES string of the molecule is O=C(NN1C(=O)C(Cl)C1c1ccccc1)c1ccccc1-c1nc2ccccc2[nH]1. The van der Waals surface area contributed by atoms with Crippen LogP contribution in [0.5, 0.6) is 0 Å². The molecule has 0 saturated carbocycles. The summed E-state index contributed by atoms with van der Waals surface area (Å²) < 4.78 is 0. The number of carbonyl (C=O) groups is 2. The number of nitrogens with zero attached hydrogens (tertiary/aromatic N) is 2. The highest BCUT2D eigenvalue weighted by molar-refractivity contribution is 6.33. The van der Waals surface area contributed by atoms with Crippen LogP contribution in [0.25, 0.3) is 22.4 Å². The highest BCUT2D eigenvalue weighted by Gasteiger charge is 2.48. The zero-order chi connectivity index (χ0) is 20.7. The van der Waals surface area contributed by atoms with Crippen molar-refractivity contribution in [1.82, 2.24) is 20.4 Å². The number of halogens is 1. The maximum Gasteiger partial charge on any atom is 0.270 e. The van der Waals surface area contributed by atoms with E-state index in [1.165, 1.54) is 5.01 Å². The van der Waals surface area contributed by atoms with Crippen LogP contribution in [0, 0.1) is 0 Å². The van der Waals surface area contributed by atoms with Crippen LogP contribution in [0.2, 0.25) is 0 Å². The van der Waals surface area contributed by atoms with Gasteiger partial charge in [-0.3, -0.25) is 15.0 Å². The van der Waals surface area contributed by atoms with Gasteiger partial charge in [0.2, 0.25) is 0 Å². The van der Waals surface area contributed by atoms with Crippen molar-refractivity contribution in [2.45, 2.75) is 11.4 Å². The Bertz CT molecular complexity index is 1220. The molecule has 2 unspecified atom stereocenters. The summed E-state index contributed by atoms with van der Waals surface area (Å²) in [5.74, 6) is -0.143. The zero-order valence-electron chi connectivity index (χ0n) is 15.7. The van der Waals surface area contributed by atoms with E-state index in [-0.39, 0.29) is 5.91 Å². The first-order chi connectivity index (χ1) is 14.6. The molecule has 30 heavy (non-hydrogen) atoms. The fraction of sp³-hybridized carbons (Fsp3) is 0.0870. The van der Waals surface area contributed by atoms with Gasteiger partial charge in [0.15, 0.2) is 0 Å². The Morgan fingerprint density at radius 1 is 0.967 bits per heavy atom. The molecule has 0 aliphatic carbocycles. The van der Waals surface area contributed by atoms with Gasteiger partial charge in [-0.1, -0.05) is 60.7 Å². The number of fused-ring (bicyclic) bond motifs is 1. The maximum atomic E-state index is 13.1. The summed E-state index contributed by atoms with van der Waals surface area (Å²) in [6.45, 7) is 0. The van der Waals surface area contributed by atoms with Gasteiger partial charge in [0, 0.05) is 5.56 Å². The molecule has 7 heteroatoms. The summed E-state index contributed by atoms with van der Waals surface area (Å²) in [7, 11) is 0. The van der Waals surface area contributed by atoms with Gasteiger partial charge in [-0.15, -0.1) is 11.6 Å². The smallest absolute Gasteiger partial charge is 0.270 e. The number of rotatable bonds is 4. The van der Waals surface area contributed by atoms with Crippen molar-refractivity contribution in [2.75, 3.05) is 0 Å². The average Bonchev–Trinajstić information content (AvgIpc) is 3.23. The van der Waals surface area contributed by atoms with Crippen LogP contribution in [0.1, 0.15) is 22.0 Å². The minimum absolute atomic E-state index is 0.333. The number of alkyl halides is 1. The number of aromatic nitrogens is 2. The molecule has 6 nitrogen and oxygen atoms in total. The molecule has 1 fully saturated rings. The number of hydrazine groups is 1. The Balaban J connectivity index is 1.45. The van der Waals surface area contributed by atoms with Crippen molar-refractivity contribution in [3.63, 3.8) is 0 Å². The molecule has 2 atom stereocenters. The molecule has 2 amide bonds. The van der Waals surface area contributed by atoms with Gasteiger partial charge in [0.25, 0.3) is 11.8 Å². The standard InChI is InChI=1S/C23H17ClN4O2/c24-19-20(14-8-2-1-3-9-14)28(23(19)30)27-22(29)16-11-5-4-10-15(16)21-25-17-12-6-7-13-18(17)26-21/h1-13,19-20H,(H,25,26)(H,27,29). The summed E-state index contributed by atoms with van der Waals surface area (Å²) in [5, 5.41) is 0.586. The van der Waals surface area contributed by atoms with Crippen LogP contribution in [0.3, 0.4) is 0 Å². The van der Waals surface area contributed by atoms with Crippen molar-refractivity contribution in [3.8, 4) is 11.4 Å². The fourth-order valence-electron chi connectivity index (χ4n) is 3.68. The Morgan fingerprint density at radius 3 is 2.47 bits per heavy atom. The number of hydrogen-bond donors (Lipinski definition) is 2. The van der Waals surface area contributed by atoms with Crippen molar-refractivity contribution in [1.29, 1.82) is 0 Å². The van der Waals surface area contributed by atoms with Crippen LogP contribution in [-0.2, 0) is 4.79 Å². The van der Waals surface area contributed by atoms with Crippen LogP contribution in [0.15, 0.2) is 78.9 Å². The number of carbonyl (C=O) groups excluding carboxylic acids is 2. The third-order valence-electron chi connectivity index (χ3n) is 5.21. The Kier molecular flexibility index (Phi) is 4.48. The van der Waals surface area contributed by atoms with Crippen molar-refractivity contribution >= 4 is 34.4 Å². The highest BCUT2D eigenvalue weighted by atomic mass is 35.5. The van der Waals surface area contributed by atoms with Crippen molar-refractivity contribution in [2.24, 2.45) is 0 Å². The van der Waals surface area contributed by atoms with E-state index in [9.17, 15) is 9.59 Å². The lowest BCUT2D eigenvalue weighted by Crippen LogP contribution is -2.63. The van der Waals surface area contributed by atoms with E-state index in [0.29, 0.717) is 17.0 Å². The zero-order valence-corrected chi connectivity index (χ0v) is 16.5. The predicted octanol–water partition coefficient (Wildman–Crippen LogP) is 4.07. The lowest BCUT2D eigenvalue weighted by molar-refractivity contribution is -0.149. The van der Waals surface area contributed by atoms with Crippen LogP contribution < -0.4 is 5.43 Å². The van der Waals surface area contributed by atoms with Gasteiger partial charge >= 0.3 is 0 Å². The molecule has 3 aromatic carbocycles. The summed E-state index contributed by atoms with van der Waals surface area (Å²) in [6.07, 6.45) is 0. The predicted molar refractivity (Wildman–Crippen MR) is 115 cm³/mol. The second-order valence-corrected chi connectivity index (χ2v) is 7.52. The third-order valence-corrected chi connectivity index (χ3v) is 5.63. The van der Waals surface area contributed by atoms with Gasteiger partial charge in [0.05, 0.1) is 16.6 Å². The first kappa shape index (κ1) is 18.4. The molecule has 0 bridgehead atoms. The molecule has 1 aliphatic heterocycles. The summed E-state index contributed by atoms with van der Waals surface area (Å²) in [6, 6.07) is 23.8. The van der Waals surface area contributed by atoms with Crippen molar-refractivity contribution in [3.05, 3.63) is 90.0 Å². The highest BCUT2D eigenvalue weighted by Crippen LogP contribution is 2.37. The average molecular weight is 417 g/mol.